The van der Waals surface area contributed by atoms with E-state index in [1.807, 2.05) is 29.5 Å². The summed E-state index contributed by atoms with van der Waals surface area (Å²) in [5, 5.41) is 10.7. The number of phenolic OH excluding ortho intramolecular Hbond substituents is 1. The topological polar surface area (TPSA) is 48.7 Å². The van der Waals surface area contributed by atoms with Crippen molar-refractivity contribution in [2.24, 2.45) is 7.05 Å². The van der Waals surface area contributed by atoms with E-state index < -0.39 is 0 Å². The number of amides is 1. The Bertz CT molecular complexity index is 783. The first-order valence-corrected chi connectivity index (χ1v) is 8.87. The lowest BCUT2D eigenvalue weighted by Gasteiger charge is -2.46. The van der Waals surface area contributed by atoms with E-state index in [1.54, 1.807) is 12.1 Å². The molecule has 0 bridgehead atoms. The highest BCUT2D eigenvalue weighted by Crippen LogP contribution is 2.31. The number of fused-ring (bicyclic) bond motifs is 1. The highest BCUT2D eigenvalue weighted by molar-refractivity contribution is 6.09. The number of aryl methyl sites for hydroxylation is 1. The van der Waals surface area contributed by atoms with Gasteiger partial charge in [-0.3, -0.25) is 9.69 Å². The third kappa shape index (κ3) is 2.38. The smallest absolute Gasteiger partial charge is 0.256 e. The molecule has 128 valence electrons. The second-order valence-corrected chi connectivity index (χ2v) is 7.18. The number of carbonyl (C=O) groups excluding carboxylic acids is 1. The van der Waals surface area contributed by atoms with Crippen molar-refractivity contribution in [3.8, 4) is 5.75 Å². The van der Waals surface area contributed by atoms with Gasteiger partial charge in [-0.25, -0.2) is 0 Å². The molecular formula is C19H25N3O2. The van der Waals surface area contributed by atoms with Gasteiger partial charge in [-0.1, -0.05) is 6.42 Å². The molecule has 0 aliphatic carbocycles. The van der Waals surface area contributed by atoms with Gasteiger partial charge in [-0.15, -0.1) is 0 Å². The van der Waals surface area contributed by atoms with Gasteiger partial charge in [0.25, 0.3) is 5.91 Å². The van der Waals surface area contributed by atoms with Gasteiger partial charge in [-0.2, -0.15) is 0 Å². The number of phenols is 1. The van der Waals surface area contributed by atoms with Gasteiger partial charge in [0.15, 0.2) is 0 Å². The molecule has 2 fully saturated rings. The van der Waals surface area contributed by atoms with Crippen molar-refractivity contribution in [1.82, 2.24) is 14.4 Å². The summed E-state index contributed by atoms with van der Waals surface area (Å²) in [7, 11) is 1.97. The number of piperidine rings is 1. The predicted molar refractivity (Wildman–Crippen MR) is 94.4 cm³/mol. The molecule has 2 saturated heterocycles. The van der Waals surface area contributed by atoms with Crippen LogP contribution in [0.4, 0.5) is 0 Å². The quantitative estimate of drug-likeness (QED) is 0.922. The molecule has 2 aliphatic rings. The van der Waals surface area contributed by atoms with Crippen LogP contribution in [0.3, 0.4) is 0 Å². The van der Waals surface area contributed by atoms with Crippen molar-refractivity contribution in [3.05, 3.63) is 29.5 Å². The maximum atomic E-state index is 13.0. The summed E-state index contributed by atoms with van der Waals surface area (Å²) in [6, 6.07) is 5.78. The average molecular weight is 327 g/mol. The third-order valence-electron chi connectivity index (χ3n) is 5.75. The highest BCUT2D eigenvalue weighted by Gasteiger charge is 2.37. The van der Waals surface area contributed by atoms with Gasteiger partial charge in [0.05, 0.1) is 5.56 Å². The van der Waals surface area contributed by atoms with E-state index in [0.29, 0.717) is 6.04 Å². The summed E-state index contributed by atoms with van der Waals surface area (Å²) in [6.07, 6.45) is 3.91. The first-order chi connectivity index (χ1) is 11.6. The minimum absolute atomic E-state index is 0.0944. The first-order valence-electron chi connectivity index (χ1n) is 8.87. The summed E-state index contributed by atoms with van der Waals surface area (Å²) in [5.41, 5.74) is 2.68. The van der Waals surface area contributed by atoms with E-state index in [0.717, 1.165) is 35.2 Å². The molecule has 1 aromatic heterocycles. The van der Waals surface area contributed by atoms with Crippen LogP contribution < -0.4 is 0 Å². The molecule has 1 amide bonds. The molecule has 5 nitrogen and oxygen atoms in total. The summed E-state index contributed by atoms with van der Waals surface area (Å²) in [4.78, 5) is 17.5. The van der Waals surface area contributed by atoms with E-state index in [9.17, 15) is 9.90 Å². The van der Waals surface area contributed by atoms with E-state index in [-0.39, 0.29) is 11.7 Å². The SMILES string of the molecule is Cc1c(C(=O)N2CC(N3CCCCC3)C2)c2cc(O)ccc2n1C. The van der Waals surface area contributed by atoms with E-state index in [2.05, 4.69) is 4.90 Å². The molecule has 0 radical (unpaired) electrons. The van der Waals surface area contributed by atoms with Crippen LogP contribution in [0.15, 0.2) is 18.2 Å². The number of rotatable bonds is 2. The summed E-state index contributed by atoms with van der Waals surface area (Å²) < 4.78 is 2.03. The van der Waals surface area contributed by atoms with Crippen molar-refractivity contribution >= 4 is 16.8 Å². The molecule has 1 N–H and O–H groups in total. The lowest BCUT2D eigenvalue weighted by Crippen LogP contribution is -2.61. The Balaban J connectivity index is 1.56. The maximum Gasteiger partial charge on any atom is 0.256 e. The molecule has 4 rings (SSSR count). The summed E-state index contributed by atoms with van der Waals surface area (Å²) >= 11 is 0. The molecule has 0 spiro atoms. The Morgan fingerprint density at radius 1 is 1.17 bits per heavy atom. The van der Waals surface area contributed by atoms with Crippen LogP contribution in [-0.4, -0.2) is 57.6 Å². The number of benzene rings is 1. The van der Waals surface area contributed by atoms with Gasteiger partial charge >= 0.3 is 0 Å². The Hall–Kier alpha value is -2.01. The fraction of sp³-hybridized carbons (Fsp3) is 0.526. The van der Waals surface area contributed by atoms with Gasteiger partial charge < -0.3 is 14.6 Å². The number of carbonyl (C=O) groups is 1. The number of aromatic hydroxyl groups is 1. The van der Waals surface area contributed by atoms with Crippen LogP contribution in [0, 0.1) is 6.92 Å². The minimum atomic E-state index is 0.0944. The fourth-order valence-electron chi connectivity index (χ4n) is 4.12. The number of nitrogens with zero attached hydrogens (tertiary/aromatic N) is 3. The molecule has 1 aromatic carbocycles. The van der Waals surface area contributed by atoms with Gasteiger partial charge in [0.2, 0.25) is 0 Å². The second-order valence-electron chi connectivity index (χ2n) is 7.18. The largest absolute Gasteiger partial charge is 0.508 e. The zero-order chi connectivity index (χ0) is 16.8. The monoisotopic (exact) mass is 327 g/mol. The molecule has 0 atom stereocenters. The lowest BCUT2D eigenvalue weighted by atomic mass is 10.0. The lowest BCUT2D eigenvalue weighted by molar-refractivity contribution is 0.0204. The normalized spacial score (nSPS) is 19.7. The Morgan fingerprint density at radius 3 is 2.58 bits per heavy atom. The van der Waals surface area contributed by atoms with Gasteiger partial charge in [-0.05, 0) is 51.1 Å². The van der Waals surface area contributed by atoms with Crippen molar-refractivity contribution in [2.75, 3.05) is 26.2 Å². The fourth-order valence-corrected chi connectivity index (χ4v) is 4.12. The molecule has 2 aromatic rings. The van der Waals surface area contributed by atoms with Crippen LogP contribution in [0.1, 0.15) is 35.3 Å². The molecule has 0 unspecified atom stereocenters. The second kappa shape index (κ2) is 5.81. The van der Waals surface area contributed by atoms with E-state index in [4.69, 9.17) is 0 Å². The summed E-state index contributed by atoms with van der Waals surface area (Å²) in [5.74, 6) is 0.300. The number of hydrogen-bond donors (Lipinski definition) is 1. The zero-order valence-corrected chi connectivity index (χ0v) is 14.5. The van der Waals surface area contributed by atoms with E-state index in [1.165, 1.54) is 32.4 Å². The van der Waals surface area contributed by atoms with E-state index >= 15 is 0 Å². The molecular weight excluding hydrogens is 302 g/mol. The van der Waals surface area contributed by atoms with Crippen LogP contribution in [0.5, 0.6) is 5.75 Å². The molecule has 2 aliphatic heterocycles. The number of likely N-dealkylation sites (tertiary alicyclic amines) is 2. The van der Waals surface area contributed by atoms with Gasteiger partial charge in [0, 0.05) is 42.8 Å². The van der Waals surface area contributed by atoms with Crippen molar-refractivity contribution in [2.45, 2.75) is 32.2 Å². The molecule has 0 saturated carbocycles. The maximum absolute atomic E-state index is 13.0. The van der Waals surface area contributed by atoms with Crippen LogP contribution in [-0.2, 0) is 7.05 Å². The Kier molecular flexibility index (Phi) is 3.76. The first kappa shape index (κ1) is 15.5. The molecule has 5 heteroatoms. The third-order valence-corrected chi connectivity index (χ3v) is 5.75. The highest BCUT2D eigenvalue weighted by atomic mass is 16.3. The minimum Gasteiger partial charge on any atom is -0.508 e. The molecule has 24 heavy (non-hydrogen) atoms. The number of hydrogen-bond acceptors (Lipinski definition) is 3. The van der Waals surface area contributed by atoms with Crippen molar-refractivity contribution in [1.29, 1.82) is 0 Å². The average Bonchev–Trinajstić information content (AvgIpc) is 2.77. The van der Waals surface area contributed by atoms with Gasteiger partial charge in [0.1, 0.15) is 5.75 Å². The van der Waals surface area contributed by atoms with Crippen LogP contribution in [0.25, 0.3) is 10.9 Å². The Morgan fingerprint density at radius 2 is 1.88 bits per heavy atom. The van der Waals surface area contributed by atoms with Crippen LogP contribution >= 0.6 is 0 Å². The zero-order valence-electron chi connectivity index (χ0n) is 14.5. The Labute approximate surface area is 142 Å². The predicted octanol–water partition coefficient (Wildman–Crippen LogP) is 2.50. The van der Waals surface area contributed by atoms with Crippen molar-refractivity contribution < 1.29 is 9.90 Å². The summed E-state index contributed by atoms with van der Waals surface area (Å²) in [6.45, 7) is 5.98. The van der Waals surface area contributed by atoms with Crippen molar-refractivity contribution in [3.63, 3.8) is 0 Å². The molecule has 3 heterocycles. The standard InChI is InChI=1S/C19H25N3O2/c1-13-18(16-10-15(23)6-7-17(16)20(13)2)19(24)22-11-14(12-22)21-8-4-3-5-9-21/h6-7,10,14,23H,3-5,8-9,11-12H2,1-2H3. The van der Waals surface area contributed by atoms with Crippen LogP contribution in [0.2, 0.25) is 0 Å². The number of aromatic nitrogens is 1.